The smallest absolute Gasteiger partial charge is 0.331 e. The molecule has 2 N–H and O–H groups in total. The lowest BCUT2D eigenvalue weighted by atomic mass is 10.4. The zero-order chi connectivity index (χ0) is 14.0. The Balaban J connectivity index is 2.26. The predicted molar refractivity (Wildman–Crippen MR) is 67.8 cm³/mol. The van der Waals surface area contributed by atoms with Gasteiger partial charge in [0, 0.05) is 26.3 Å². The lowest BCUT2D eigenvalue weighted by Gasteiger charge is -2.26. The monoisotopic (exact) mass is 268 g/mol. The van der Waals surface area contributed by atoms with Crippen molar-refractivity contribution in [2.24, 2.45) is 7.05 Å². The molecule has 2 heterocycles. The van der Waals surface area contributed by atoms with Crippen molar-refractivity contribution < 1.29 is 9.53 Å². The summed E-state index contributed by atoms with van der Waals surface area (Å²) in [6, 6.07) is 0. The average molecular weight is 268 g/mol. The molecule has 1 amide bonds. The van der Waals surface area contributed by atoms with Gasteiger partial charge in [0.25, 0.3) is 5.56 Å². The van der Waals surface area contributed by atoms with Gasteiger partial charge in [-0.2, -0.15) is 0 Å². The van der Waals surface area contributed by atoms with Gasteiger partial charge in [-0.25, -0.2) is 9.36 Å². The summed E-state index contributed by atoms with van der Waals surface area (Å²) in [6.07, 6.45) is 1.25. The van der Waals surface area contributed by atoms with Crippen LogP contribution in [0.3, 0.4) is 0 Å². The molecule has 0 spiro atoms. The van der Waals surface area contributed by atoms with Crippen molar-refractivity contribution in [3.63, 3.8) is 0 Å². The summed E-state index contributed by atoms with van der Waals surface area (Å²) >= 11 is 0. The van der Waals surface area contributed by atoms with Crippen LogP contribution in [0.4, 0.5) is 5.69 Å². The molecule has 104 valence electrons. The van der Waals surface area contributed by atoms with Gasteiger partial charge >= 0.3 is 5.69 Å². The fraction of sp³-hybridized carbons (Fsp3) is 0.545. The van der Waals surface area contributed by atoms with Crippen molar-refractivity contribution in [2.75, 3.05) is 32.0 Å². The minimum Gasteiger partial charge on any atom is -0.393 e. The van der Waals surface area contributed by atoms with Crippen LogP contribution in [0.1, 0.15) is 0 Å². The molecule has 1 saturated heterocycles. The second-order valence-corrected chi connectivity index (χ2v) is 4.36. The zero-order valence-corrected chi connectivity index (χ0v) is 10.7. The third-order valence-corrected chi connectivity index (χ3v) is 3.01. The number of amides is 1. The van der Waals surface area contributed by atoms with E-state index < -0.39 is 11.2 Å². The number of aromatic nitrogens is 2. The van der Waals surface area contributed by atoms with E-state index >= 15 is 0 Å². The molecule has 19 heavy (non-hydrogen) atoms. The Morgan fingerprint density at radius 2 is 2.00 bits per heavy atom. The van der Waals surface area contributed by atoms with Gasteiger partial charge < -0.3 is 19.9 Å². The Labute approximate surface area is 109 Å². The van der Waals surface area contributed by atoms with Crippen molar-refractivity contribution in [3.05, 3.63) is 27.0 Å². The summed E-state index contributed by atoms with van der Waals surface area (Å²) in [5.41, 5.74) is 4.26. The number of hydrogen-bond donors (Lipinski definition) is 1. The standard InChI is InChI=1S/C11H16N4O4/c1-13-6-8(12)10(17)15(11(13)18)7-9(16)14-2-4-19-5-3-14/h6H,2-5,7,12H2,1H3. The Hall–Kier alpha value is -2.09. The Morgan fingerprint density at radius 3 is 2.63 bits per heavy atom. The van der Waals surface area contributed by atoms with Gasteiger partial charge in [0.05, 0.1) is 13.2 Å². The van der Waals surface area contributed by atoms with Crippen LogP contribution in [0.25, 0.3) is 0 Å². The van der Waals surface area contributed by atoms with Crippen LogP contribution in [0.15, 0.2) is 15.8 Å². The minimum atomic E-state index is -0.635. The van der Waals surface area contributed by atoms with E-state index in [1.807, 2.05) is 0 Å². The molecule has 2 rings (SSSR count). The Bertz CT molecular complexity index is 563. The highest BCUT2D eigenvalue weighted by molar-refractivity contribution is 5.76. The number of hydrogen-bond acceptors (Lipinski definition) is 5. The van der Waals surface area contributed by atoms with Gasteiger partial charge in [-0.1, -0.05) is 0 Å². The van der Waals surface area contributed by atoms with Gasteiger partial charge in [-0.05, 0) is 0 Å². The molecule has 8 nitrogen and oxygen atoms in total. The van der Waals surface area contributed by atoms with Crippen molar-refractivity contribution in [1.29, 1.82) is 0 Å². The number of ether oxygens (including phenoxy) is 1. The molecule has 0 aromatic carbocycles. The normalized spacial score (nSPS) is 15.5. The Morgan fingerprint density at radius 1 is 1.37 bits per heavy atom. The molecular formula is C11H16N4O4. The second kappa shape index (κ2) is 5.27. The first-order valence-corrected chi connectivity index (χ1v) is 5.92. The molecule has 0 unspecified atom stereocenters. The first-order chi connectivity index (χ1) is 9.00. The van der Waals surface area contributed by atoms with E-state index in [0.717, 1.165) is 4.57 Å². The van der Waals surface area contributed by atoms with E-state index in [-0.39, 0.29) is 18.1 Å². The van der Waals surface area contributed by atoms with Crippen LogP contribution in [-0.2, 0) is 23.1 Å². The van der Waals surface area contributed by atoms with E-state index in [9.17, 15) is 14.4 Å². The van der Waals surface area contributed by atoms with Crippen LogP contribution >= 0.6 is 0 Å². The molecule has 1 aliphatic rings. The van der Waals surface area contributed by atoms with Crippen LogP contribution in [0.2, 0.25) is 0 Å². The molecule has 8 heteroatoms. The van der Waals surface area contributed by atoms with Crippen molar-refractivity contribution in [1.82, 2.24) is 14.0 Å². The van der Waals surface area contributed by atoms with Gasteiger partial charge in [0.1, 0.15) is 12.2 Å². The first-order valence-electron chi connectivity index (χ1n) is 5.92. The van der Waals surface area contributed by atoms with Gasteiger partial charge in [-0.15, -0.1) is 0 Å². The summed E-state index contributed by atoms with van der Waals surface area (Å²) in [5.74, 6) is -0.284. The molecule has 0 saturated carbocycles. The third-order valence-electron chi connectivity index (χ3n) is 3.01. The number of carbonyl (C=O) groups is 1. The summed E-state index contributed by atoms with van der Waals surface area (Å²) < 4.78 is 7.18. The molecular weight excluding hydrogens is 252 g/mol. The fourth-order valence-corrected chi connectivity index (χ4v) is 1.94. The fourth-order valence-electron chi connectivity index (χ4n) is 1.94. The van der Waals surface area contributed by atoms with Crippen LogP contribution in [-0.4, -0.2) is 46.2 Å². The number of anilines is 1. The number of nitrogens with zero attached hydrogens (tertiary/aromatic N) is 3. The second-order valence-electron chi connectivity index (χ2n) is 4.36. The maximum absolute atomic E-state index is 12.0. The first kappa shape index (κ1) is 13.3. The quantitative estimate of drug-likeness (QED) is 0.668. The van der Waals surface area contributed by atoms with Crippen molar-refractivity contribution in [3.8, 4) is 0 Å². The lowest BCUT2D eigenvalue weighted by Crippen LogP contribution is -2.47. The van der Waals surface area contributed by atoms with Crippen LogP contribution < -0.4 is 17.0 Å². The van der Waals surface area contributed by atoms with E-state index in [1.54, 1.807) is 4.90 Å². The van der Waals surface area contributed by atoms with E-state index in [1.165, 1.54) is 17.8 Å². The van der Waals surface area contributed by atoms with Crippen molar-refractivity contribution >= 4 is 11.6 Å². The molecule has 1 aromatic heterocycles. The largest absolute Gasteiger partial charge is 0.393 e. The maximum Gasteiger partial charge on any atom is 0.331 e. The average Bonchev–Trinajstić information content (AvgIpc) is 2.42. The summed E-state index contributed by atoms with van der Waals surface area (Å²) in [5, 5.41) is 0. The molecule has 1 aromatic rings. The predicted octanol–water partition coefficient (Wildman–Crippen LogP) is -2.01. The molecule has 0 bridgehead atoms. The number of aryl methyl sites for hydroxylation is 1. The number of carbonyl (C=O) groups excluding carboxylic acids is 1. The highest BCUT2D eigenvalue weighted by Crippen LogP contribution is 1.98. The van der Waals surface area contributed by atoms with Crippen LogP contribution in [0.5, 0.6) is 0 Å². The number of nitrogens with two attached hydrogens (primary N) is 1. The highest BCUT2D eigenvalue weighted by Gasteiger charge is 2.19. The summed E-state index contributed by atoms with van der Waals surface area (Å²) in [7, 11) is 1.48. The Kier molecular flexibility index (Phi) is 3.70. The number of morpholine rings is 1. The zero-order valence-electron chi connectivity index (χ0n) is 10.7. The summed E-state index contributed by atoms with van der Waals surface area (Å²) in [4.78, 5) is 37.2. The van der Waals surface area contributed by atoms with E-state index in [0.29, 0.717) is 26.3 Å². The van der Waals surface area contributed by atoms with Crippen LogP contribution in [0, 0.1) is 0 Å². The third kappa shape index (κ3) is 2.68. The molecule has 0 aliphatic carbocycles. The maximum atomic E-state index is 12.0. The minimum absolute atomic E-state index is 0.0584. The molecule has 1 aliphatic heterocycles. The lowest BCUT2D eigenvalue weighted by molar-refractivity contribution is -0.136. The molecule has 0 atom stereocenters. The molecule has 1 fully saturated rings. The van der Waals surface area contributed by atoms with Crippen molar-refractivity contribution in [2.45, 2.75) is 6.54 Å². The topological polar surface area (TPSA) is 99.6 Å². The SMILES string of the molecule is Cn1cc(N)c(=O)n(CC(=O)N2CCOCC2)c1=O. The summed E-state index contributed by atoms with van der Waals surface area (Å²) in [6.45, 7) is 1.58. The van der Waals surface area contributed by atoms with Gasteiger partial charge in [0.15, 0.2) is 0 Å². The van der Waals surface area contributed by atoms with E-state index in [4.69, 9.17) is 10.5 Å². The van der Waals surface area contributed by atoms with E-state index in [2.05, 4.69) is 0 Å². The highest BCUT2D eigenvalue weighted by atomic mass is 16.5. The van der Waals surface area contributed by atoms with Gasteiger partial charge in [0.2, 0.25) is 5.91 Å². The van der Waals surface area contributed by atoms with Gasteiger partial charge in [-0.3, -0.25) is 9.59 Å². The molecule has 0 radical (unpaired) electrons. The number of nitrogen functional groups attached to an aromatic ring is 1. The number of rotatable bonds is 2.